The molecule has 150 valence electrons. The maximum Gasteiger partial charge on any atom is 0.319 e. The number of nitrogens with zero attached hydrogens (tertiary/aromatic N) is 3. The molecule has 0 aliphatic carbocycles. The van der Waals surface area contributed by atoms with E-state index >= 15 is 0 Å². The van der Waals surface area contributed by atoms with Crippen molar-refractivity contribution in [3.8, 4) is 11.6 Å². The molecule has 0 bridgehead atoms. The number of rotatable bonds is 5. The maximum atomic E-state index is 12.7. The van der Waals surface area contributed by atoms with Crippen LogP contribution in [0.2, 0.25) is 0 Å². The Kier molecular flexibility index (Phi) is 5.44. The summed E-state index contributed by atoms with van der Waals surface area (Å²) in [5.41, 5.74) is 3.37. The van der Waals surface area contributed by atoms with Gasteiger partial charge < -0.3 is 20.1 Å². The Bertz CT molecular complexity index is 986. The van der Waals surface area contributed by atoms with Crippen molar-refractivity contribution in [2.45, 2.75) is 25.5 Å². The van der Waals surface area contributed by atoms with Crippen molar-refractivity contribution in [1.29, 1.82) is 0 Å². The SMILES string of the molecule is COc1ccc([C@@H]2OCC[C@H]2NC(=O)Nc2ccccc2-n2nccc2C)cn1. The number of nitrogens with one attached hydrogen (secondary N) is 2. The zero-order chi connectivity index (χ0) is 20.2. The highest BCUT2D eigenvalue weighted by atomic mass is 16.5. The first kappa shape index (κ1) is 18.9. The topological polar surface area (TPSA) is 90.3 Å². The van der Waals surface area contributed by atoms with Crippen LogP contribution in [0.3, 0.4) is 0 Å². The molecule has 0 spiro atoms. The summed E-state index contributed by atoms with van der Waals surface area (Å²) in [6.07, 6.45) is 3.93. The average molecular weight is 393 g/mol. The smallest absolute Gasteiger partial charge is 0.319 e. The summed E-state index contributed by atoms with van der Waals surface area (Å²) in [5, 5.41) is 10.3. The van der Waals surface area contributed by atoms with Gasteiger partial charge in [-0.05, 0) is 37.6 Å². The molecule has 8 nitrogen and oxygen atoms in total. The Hall–Kier alpha value is -3.39. The summed E-state index contributed by atoms with van der Waals surface area (Å²) in [7, 11) is 1.57. The number of benzene rings is 1. The van der Waals surface area contributed by atoms with Gasteiger partial charge in [0.1, 0.15) is 6.10 Å². The van der Waals surface area contributed by atoms with Crippen molar-refractivity contribution < 1.29 is 14.3 Å². The molecule has 29 heavy (non-hydrogen) atoms. The van der Waals surface area contributed by atoms with Gasteiger partial charge in [0.15, 0.2) is 0 Å². The number of aromatic nitrogens is 3. The van der Waals surface area contributed by atoms with Gasteiger partial charge in [-0.3, -0.25) is 0 Å². The zero-order valence-corrected chi connectivity index (χ0v) is 16.3. The van der Waals surface area contributed by atoms with Crippen LogP contribution in [0.5, 0.6) is 5.88 Å². The summed E-state index contributed by atoms with van der Waals surface area (Å²) >= 11 is 0. The number of hydrogen-bond acceptors (Lipinski definition) is 5. The van der Waals surface area contributed by atoms with E-state index in [4.69, 9.17) is 9.47 Å². The summed E-state index contributed by atoms with van der Waals surface area (Å²) < 4.78 is 12.7. The highest BCUT2D eigenvalue weighted by molar-refractivity contribution is 5.91. The standard InChI is InChI=1S/C21H23N5O3/c1-14-9-11-23-26(14)18-6-4-3-5-16(18)24-21(27)25-17-10-12-29-20(17)15-7-8-19(28-2)22-13-15/h3-9,11,13,17,20H,10,12H2,1-2H3,(H2,24,25,27)/t17-,20+/m1/s1. The Labute approximate surface area is 168 Å². The predicted molar refractivity (Wildman–Crippen MR) is 108 cm³/mol. The van der Waals surface area contributed by atoms with Crippen molar-refractivity contribution >= 4 is 11.7 Å². The third kappa shape index (κ3) is 4.07. The molecule has 2 aromatic heterocycles. The number of methoxy groups -OCH3 is 1. The fraction of sp³-hybridized carbons (Fsp3) is 0.286. The van der Waals surface area contributed by atoms with Crippen LogP contribution in [-0.2, 0) is 4.74 Å². The van der Waals surface area contributed by atoms with Gasteiger partial charge in [0, 0.05) is 36.3 Å². The summed E-state index contributed by atoms with van der Waals surface area (Å²) in [6.45, 7) is 2.54. The molecule has 0 radical (unpaired) electrons. The molecule has 3 heterocycles. The van der Waals surface area contributed by atoms with E-state index in [1.54, 1.807) is 30.3 Å². The van der Waals surface area contributed by atoms with Gasteiger partial charge in [-0.1, -0.05) is 12.1 Å². The molecular weight excluding hydrogens is 370 g/mol. The number of hydrogen-bond donors (Lipinski definition) is 2. The van der Waals surface area contributed by atoms with Crippen LogP contribution in [-0.4, -0.2) is 40.6 Å². The Morgan fingerprint density at radius 2 is 2.10 bits per heavy atom. The second-order valence-electron chi connectivity index (χ2n) is 6.82. The average Bonchev–Trinajstić information content (AvgIpc) is 3.37. The van der Waals surface area contributed by atoms with Gasteiger partial charge in [0.25, 0.3) is 0 Å². The lowest BCUT2D eigenvalue weighted by Gasteiger charge is -2.21. The highest BCUT2D eigenvalue weighted by Crippen LogP contribution is 2.29. The van der Waals surface area contributed by atoms with E-state index < -0.39 is 0 Å². The minimum atomic E-state index is -0.288. The molecule has 8 heteroatoms. The van der Waals surface area contributed by atoms with Crippen molar-refractivity contribution in [2.24, 2.45) is 0 Å². The van der Waals surface area contributed by atoms with Gasteiger partial charge in [-0.25, -0.2) is 14.5 Å². The number of ether oxygens (including phenoxy) is 2. The molecule has 4 rings (SSSR count). The Balaban J connectivity index is 1.46. The van der Waals surface area contributed by atoms with Gasteiger partial charge >= 0.3 is 6.03 Å². The molecule has 2 amide bonds. The third-order valence-electron chi connectivity index (χ3n) is 4.92. The number of pyridine rings is 1. The number of aryl methyl sites for hydroxylation is 1. The zero-order valence-electron chi connectivity index (χ0n) is 16.3. The molecule has 0 unspecified atom stereocenters. The number of anilines is 1. The fourth-order valence-corrected chi connectivity index (χ4v) is 3.46. The lowest BCUT2D eigenvalue weighted by Crippen LogP contribution is -2.39. The molecule has 1 aliphatic rings. The van der Waals surface area contributed by atoms with Crippen molar-refractivity contribution in [3.63, 3.8) is 0 Å². The van der Waals surface area contributed by atoms with Crippen LogP contribution in [0.15, 0.2) is 54.9 Å². The minimum Gasteiger partial charge on any atom is -0.481 e. The second kappa shape index (κ2) is 8.32. The lowest BCUT2D eigenvalue weighted by atomic mass is 10.0. The Morgan fingerprint density at radius 3 is 2.83 bits per heavy atom. The van der Waals surface area contributed by atoms with E-state index in [9.17, 15) is 4.79 Å². The van der Waals surface area contributed by atoms with Gasteiger partial charge in [0.2, 0.25) is 5.88 Å². The molecule has 2 atom stereocenters. The van der Waals surface area contributed by atoms with E-state index in [1.165, 1.54) is 0 Å². The van der Waals surface area contributed by atoms with Crippen LogP contribution >= 0.6 is 0 Å². The summed E-state index contributed by atoms with van der Waals surface area (Å²) in [4.78, 5) is 16.9. The molecule has 1 aromatic carbocycles. The first-order chi connectivity index (χ1) is 14.2. The number of amides is 2. The first-order valence-corrected chi connectivity index (χ1v) is 9.45. The van der Waals surface area contributed by atoms with E-state index in [1.807, 2.05) is 43.3 Å². The molecule has 1 saturated heterocycles. The van der Waals surface area contributed by atoms with Crippen LogP contribution in [0.1, 0.15) is 23.8 Å². The first-order valence-electron chi connectivity index (χ1n) is 9.45. The molecule has 1 aliphatic heterocycles. The van der Waals surface area contributed by atoms with Crippen LogP contribution in [0.25, 0.3) is 5.69 Å². The van der Waals surface area contributed by atoms with E-state index in [-0.39, 0.29) is 18.2 Å². The highest BCUT2D eigenvalue weighted by Gasteiger charge is 2.31. The maximum absolute atomic E-state index is 12.7. The number of para-hydroxylation sites is 2. The third-order valence-corrected chi connectivity index (χ3v) is 4.92. The van der Waals surface area contributed by atoms with Crippen LogP contribution in [0.4, 0.5) is 10.5 Å². The van der Waals surface area contributed by atoms with Crippen molar-refractivity contribution in [2.75, 3.05) is 19.0 Å². The van der Waals surface area contributed by atoms with E-state index in [0.717, 1.165) is 23.4 Å². The number of carbonyl (C=O) groups excluding carboxylic acids is 1. The van der Waals surface area contributed by atoms with Crippen LogP contribution < -0.4 is 15.4 Å². The largest absolute Gasteiger partial charge is 0.481 e. The Morgan fingerprint density at radius 1 is 1.24 bits per heavy atom. The molecule has 1 fully saturated rings. The minimum absolute atomic E-state index is 0.149. The van der Waals surface area contributed by atoms with E-state index in [2.05, 4.69) is 20.7 Å². The van der Waals surface area contributed by atoms with Gasteiger partial charge in [-0.15, -0.1) is 0 Å². The van der Waals surface area contributed by atoms with Crippen molar-refractivity contribution in [1.82, 2.24) is 20.1 Å². The van der Waals surface area contributed by atoms with Gasteiger partial charge in [-0.2, -0.15) is 5.10 Å². The number of carbonyl (C=O) groups is 1. The summed E-state index contributed by atoms with van der Waals surface area (Å²) in [5.74, 6) is 0.541. The monoisotopic (exact) mass is 393 g/mol. The quantitative estimate of drug-likeness (QED) is 0.695. The molecular formula is C21H23N5O3. The summed E-state index contributed by atoms with van der Waals surface area (Å²) in [6, 6.07) is 12.7. The molecule has 2 N–H and O–H groups in total. The van der Waals surface area contributed by atoms with Crippen molar-refractivity contribution in [3.05, 3.63) is 66.1 Å². The predicted octanol–water partition coefficient (Wildman–Crippen LogP) is 3.24. The fourth-order valence-electron chi connectivity index (χ4n) is 3.46. The van der Waals surface area contributed by atoms with Gasteiger partial charge in [0.05, 0.1) is 24.5 Å². The van der Waals surface area contributed by atoms with Crippen LogP contribution in [0, 0.1) is 6.92 Å². The lowest BCUT2D eigenvalue weighted by molar-refractivity contribution is 0.100. The second-order valence-corrected chi connectivity index (χ2v) is 6.82. The molecule has 0 saturated carbocycles. The van der Waals surface area contributed by atoms with E-state index in [0.29, 0.717) is 18.2 Å². The normalized spacial score (nSPS) is 18.4. The number of urea groups is 1. The molecule has 3 aromatic rings.